The number of nitrogens with one attached hydrogen (secondary N) is 2. The molecule has 1 heterocycles. The topological polar surface area (TPSA) is 106 Å². The summed E-state index contributed by atoms with van der Waals surface area (Å²) in [6, 6.07) is 13.4. The van der Waals surface area contributed by atoms with Crippen LogP contribution in [0.2, 0.25) is 10.0 Å². The lowest BCUT2D eigenvalue weighted by Crippen LogP contribution is -2.13. The van der Waals surface area contributed by atoms with Gasteiger partial charge in [-0.1, -0.05) is 41.4 Å². The smallest absolute Gasteiger partial charge is 0.352 e. The van der Waals surface area contributed by atoms with Crippen molar-refractivity contribution in [2.24, 2.45) is 0 Å². The Balaban J connectivity index is 2.12. The number of hydrogen-bond acceptors (Lipinski definition) is 3. The second-order valence-corrected chi connectivity index (χ2v) is 6.36. The minimum atomic E-state index is -1.26. The van der Waals surface area contributed by atoms with Crippen LogP contribution in [0.25, 0.3) is 17.0 Å². The van der Waals surface area contributed by atoms with Gasteiger partial charge in [0.15, 0.2) is 0 Å². The zero-order valence-electron chi connectivity index (χ0n) is 13.6. The van der Waals surface area contributed by atoms with Crippen LogP contribution in [-0.4, -0.2) is 22.0 Å². The first-order valence-corrected chi connectivity index (χ1v) is 8.38. The van der Waals surface area contributed by atoms with Crippen molar-refractivity contribution in [1.82, 2.24) is 4.98 Å². The number of halogens is 2. The minimum Gasteiger partial charge on any atom is -0.477 e. The molecular weight excluding hydrogens is 389 g/mol. The van der Waals surface area contributed by atoms with Crippen molar-refractivity contribution in [1.29, 1.82) is 5.26 Å². The van der Waals surface area contributed by atoms with Crippen molar-refractivity contribution in [2.75, 3.05) is 5.32 Å². The van der Waals surface area contributed by atoms with E-state index in [1.165, 1.54) is 18.2 Å². The fourth-order valence-electron chi connectivity index (χ4n) is 2.60. The van der Waals surface area contributed by atoms with Gasteiger partial charge in [-0.05, 0) is 30.3 Å². The maximum absolute atomic E-state index is 12.4. The quantitative estimate of drug-likeness (QED) is 0.435. The zero-order chi connectivity index (χ0) is 19.6. The van der Waals surface area contributed by atoms with Gasteiger partial charge < -0.3 is 15.4 Å². The molecule has 0 bridgehead atoms. The van der Waals surface area contributed by atoms with Crippen LogP contribution in [0.5, 0.6) is 0 Å². The number of fused-ring (bicyclic) bond motifs is 1. The number of amides is 1. The third kappa shape index (κ3) is 3.80. The molecule has 134 valence electrons. The molecule has 6 nitrogen and oxygen atoms in total. The van der Waals surface area contributed by atoms with Crippen molar-refractivity contribution in [3.05, 3.63) is 69.3 Å². The van der Waals surface area contributed by atoms with E-state index in [9.17, 15) is 20.0 Å². The molecule has 1 aromatic heterocycles. The molecule has 0 radical (unpaired) electrons. The molecule has 0 aliphatic heterocycles. The average molecular weight is 400 g/mol. The van der Waals surface area contributed by atoms with Crippen LogP contribution in [0.3, 0.4) is 0 Å². The van der Waals surface area contributed by atoms with Crippen molar-refractivity contribution in [2.45, 2.75) is 0 Å². The number of benzene rings is 2. The molecule has 3 rings (SSSR count). The van der Waals surface area contributed by atoms with Gasteiger partial charge in [0.25, 0.3) is 5.91 Å². The van der Waals surface area contributed by atoms with Gasteiger partial charge in [0.2, 0.25) is 0 Å². The van der Waals surface area contributed by atoms with E-state index < -0.39 is 11.9 Å². The number of aromatic amines is 1. The molecule has 3 N–H and O–H groups in total. The van der Waals surface area contributed by atoms with E-state index >= 15 is 0 Å². The lowest BCUT2D eigenvalue weighted by molar-refractivity contribution is -0.112. The average Bonchev–Trinajstić information content (AvgIpc) is 2.99. The van der Waals surface area contributed by atoms with E-state index in [0.717, 1.165) is 0 Å². The number of anilines is 1. The van der Waals surface area contributed by atoms with Crippen molar-refractivity contribution in [3.63, 3.8) is 0 Å². The number of hydrogen-bond donors (Lipinski definition) is 3. The van der Waals surface area contributed by atoms with Gasteiger partial charge in [-0.2, -0.15) is 5.26 Å². The molecule has 0 fully saturated rings. The van der Waals surface area contributed by atoms with Crippen LogP contribution in [-0.2, 0) is 4.79 Å². The van der Waals surface area contributed by atoms with Gasteiger partial charge in [0, 0.05) is 27.2 Å². The molecule has 0 unspecified atom stereocenters. The number of aromatic carboxylic acids is 1. The van der Waals surface area contributed by atoms with E-state index in [0.29, 0.717) is 21.6 Å². The first-order chi connectivity index (χ1) is 12.9. The highest BCUT2D eigenvalue weighted by molar-refractivity contribution is 6.39. The van der Waals surface area contributed by atoms with E-state index in [1.54, 1.807) is 36.4 Å². The molecule has 0 atom stereocenters. The van der Waals surface area contributed by atoms with Gasteiger partial charge in [-0.15, -0.1) is 0 Å². The molecule has 0 aliphatic carbocycles. The predicted molar refractivity (Wildman–Crippen MR) is 104 cm³/mol. The summed E-state index contributed by atoms with van der Waals surface area (Å²) in [6.07, 6.45) is 1.19. The Hall–Kier alpha value is -3.27. The van der Waals surface area contributed by atoms with Crippen molar-refractivity contribution < 1.29 is 14.7 Å². The Morgan fingerprint density at radius 3 is 2.52 bits per heavy atom. The molecule has 2 aromatic carbocycles. The number of carboxylic acid groups (broad SMARTS) is 1. The number of carbonyl (C=O) groups is 2. The summed E-state index contributed by atoms with van der Waals surface area (Å²) in [5.74, 6) is -1.93. The summed E-state index contributed by atoms with van der Waals surface area (Å²) in [7, 11) is 0. The number of H-pyrrole nitrogens is 1. The largest absolute Gasteiger partial charge is 0.477 e. The summed E-state index contributed by atoms with van der Waals surface area (Å²) < 4.78 is 0. The lowest BCUT2D eigenvalue weighted by atomic mass is 10.1. The van der Waals surface area contributed by atoms with E-state index in [4.69, 9.17) is 23.2 Å². The minimum absolute atomic E-state index is 0.124. The SMILES string of the molecule is N#C/C(=C\c1c(C(=O)O)[nH]c2cc(Cl)cc(Cl)c12)C(=O)Nc1ccccc1. The molecule has 8 heteroatoms. The van der Waals surface area contributed by atoms with Gasteiger partial charge in [-0.25, -0.2) is 4.79 Å². The first-order valence-electron chi connectivity index (χ1n) is 7.63. The Morgan fingerprint density at radius 1 is 1.19 bits per heavy atom. The molecule has 1 amide bonds. The van der Waals surface area contributed by atoms with Crippen LogP contribution in [0.1, 0.15) is 16.1 Å². The molecule has 3 aromatic rings. The zero-order valence-corrected chi connectivity index (χ0v) is 15.1. The highest BCUT2D eigenvalue weighted by atomic mass is 35.5. The molecule has 27 heavy (non-hydrogen) atoms. The highest BCUT2D eigenvalue weighted by Gasteiger charge is 2.20. The standard InChI is InChI=1S/C19H11Cl2N3O3/c20-11-7-14(21)16-13(17(19(26)27)24-15(16)8-11)6-10(9-22)18(25)23-12-4-2-1-3-5-12/h1-8,24H,(H,23,25)(H,26,27)/b10-6+. The number of carbonyl (C=O) groups excluding carboxylic acids is 1. The van der Waals surface area contributed by atoms with Crippen molar-refractivity contribution in [3.8, 4) is 6.07 Å². The van der Waals surface area contributed by atoms with E-state index in [1.807, 2.05) is 0 Å². The normalized spacial score (nSPS) is 11.2. The molecule has 0 spiro atoms. The summed E-state index contributed by atoms with van der Waals surface area (Å²) in [5, 5.41) is 22.3. The molecular formula is C19H11Cl2N3O3. The van der Waals surface area contributed by atoms with E-state index in [-0.39, 0.29) is 21.9 Å². The fraction of sp³-hybridized carbons (Fsp3) is 0. The number of rotatable bonds is 4. The van der Waals surface area contributed by atoms with Gasteiger partial charge in [0.1, 0.15) is 17.3 Å². The number of aromatic nitrogens is 1. The molecule has 0 aliphatic rings. The number of para-hydroxylation sites is 1. The second kappa shape index (κ2) is 7.54. The number of nitriles is 1. The molecule has 0 saturated carbocycles. The third-order valence-electron chi connectivity index (χ3n) is 3.75. The number of carboxylic acids is 1. The summed E-state index contributed by atoms with van der Waals surface area (Å²) in [4.78, 5) is 26.7. The Kier molecular flexibility index (Phi) is 5.17. The highest BCUT2D eigenvalue weighted by Crippen LogP contribution is 2.34. The number of nitrogens with zero attached hydrogens (tertiary/aromatic N) is 1. The van der Waals surface area contributed by atoms with Crippen LogP contribution in [0.4, 0.5) is 5.69 Å². The summed E-state index contributed by atoms with van der Waals surface area (Å²) in [5.41, 5.74) is 0.546. The van der Waals surface area contributed by atoms with Gasteiger partial charge >= 0.3 is 5.97 Å². The maximum atomic E-state index is 12.4. The van der Waals surface area contributed by atoms with Crippen LogP contribution < -0.4 is 5.32 Å². The van der Waals surface area contributed by atoms with Gasteiger partial charge in [-0.3, -0.25) is 4.79 Å². The Morgan fingerprint density at radius 2 is 1.89 bits per heavy atom. The fourth-order valence-corrected chi connectivity index (χ4v) is 3.19. The third-order valence-corrected chi connectivity index (χ3v) is 4.27. The lowest BCUT2D eigenvalue weighted by Gasteiger charge is -2.04. The maximum Gasteiger partial charge on any atom is 0.352 e. The second-order valence-electron chi connectivity index (χ2n) is 5.52. The molecule has 0 saturated heterocycles. The van der Waals surface area contributed by atoms with Crippen molar-refractivity contribution >= 4 is 57.7 Å². The summed E-state index contributed by atoms with van der Waals surface area (Å²) in [6.45, 7) is 0. The Bertz CT molecular complexity index is 1130. The summed E-state index contributed by atoms with van der Waals surface area (Å²) >= 11 is 12.2. The van der Waals surface area contributed by atoms with Crippen LogP contribution >= 0.6 is 23.2 Å². The first kappa shape index (κ1) is 18.5. The van der Waals surface area contributed by atoms with Gasteiger partial charge in [0.05, 0.1) is 5.02 Å². The Labute approximate surface area is 163 Å². The van der Waals surface area contributed by atoms with E-state index in [2.05, 4.69) is 10.3 Å². The predicted octanol–water partition coefficient (Wildman–Crippen LogP) is 4.72. The monoisotopic (exact) mass is 399 g/mol. The van der Waals surface area contributed by atoms with Crippen LogP contribution in [0, 0.1) is 11.3 Å². The van der Waals surface area contributed by atoms with Crippen LogP contribution in [0.15, 0.2) is 48.0 Å².